The number of carbonyl (C=O) groups is 2. The lowest BCUT2D eigenvalue weighted by molar-refractivity contribution is -0.169. The largest absolute Gasteiger partial charge is 0.457 e. The number of hydrogen-bond acceptors (Lipinski definition) is 4. The Kier molecular flexibility index (Phi) is 2.37. The molecule has 102 valence electrons. The van der Waals surface area contributed by atoms with Gasteiger partial charge in [-0.3, -0.25) is 4.79 Å². The first-order valence-electron chi connectivity index (χ1n) is 6.66. The Morgan fingerprint density at radius 2 is 2.21 bits per heavy atom. The molecule has 1 aliphatic heterocycles. The lowest BCUT2D eigenvalue weighted by atomic mass is 9.52. The Morgan fingerprint density at radius 1 is 1.53 bits per heavy atom. The molecule has 19 heavy (non-hydrogen) atoms. The van der Waals surface area contributed by atoms with Gasteiger partial charge in [-0.05, 0) is 32.8 Å². The van der Waals surface area contributed by atoms with Crippen molar-refractivity contribution in [1.29, 1.82) is 0 Å². The van der Waals surface area contributed by atoms with Crippen molar-refractivity contribution in [2.75, 3.05) is 0 Å². The maximum absolute atomic E-state index is 12.4. The molecule has 0 radical (unpaired) electrons. The summed E-state index contributed by atoms with van der Waals surface area (Å²) in [5.74, 6) is -0.573. The van der Waals surface area contributed by atoms with Crippen LogP contribution < -0.4 is 0 Å². The molecule has 1 heterocycles. The maximum Gasteiger partial charge on any atom is 0.334 e. The van der Waals surface area contributed by atoms with Gasteiger partial charge >= 0.3 is 5.97 Å². The fourth-order valence-corrected chi connectivity index (χ4v) is 4.18. The molecule has 0 bridgehead atoms. The van der Waals surface area contributed by atoms with Crippen molar-refractivity contribution >= 4 is 11.8 Å². The van der Waals surface area contributed by atoms with Crippen molar-refractivity contribution in [1.82, 2.24) is 0 Å². The average Bonchev–Trinajstić information content (AvgIpc) is 2.79. The number of rotatable bonds is 1. The van der Waals surface area contributed by atoms with Gasteiger partial charge in [-0.1, -0.05) is 12.7 Å². The van der Waals surface area contributed by atoms with Crippen LogP contribution in [0.2, 0.25) is 0 Å². The molecule has 4 nitrogen and oxygen atoms in total. The number of carbonyl (C=O) groups excluding carboxylic acids is 2. The molecule has 1 saturated heterocycles. The average molecular weight is 262 g/mol. The summed E-state index contributed by atoms with van der Waals surface area (Å²) in [6, 6.07) is 0. The molecule has 4 heteroatoms. The summed E-state index contributed by atoms with van der Waals surface area (Å²) in [7, 11) is 0. The minimum absolute atomic E-state index is 0.0643. The van der Waals surface area contributed by atoms with Crippen molar-refractivity contribution < 1.29 is 19.4 Å². The highest BCUT2D eigenvalue weighted by atomic mass is 16.6. The molecule has 0 spiro atoms. The number of esters is 1. The number of ketones is 1. The number of allylic oxidation sites excluding steroid dienone is 1. The number of ether oxygens (including phenoxy) is 1. The van der Waals surface area contributed by atoms with E-state index in [-0.39, 0.29) is 11.7 Å². The zero-order chi connectivity index (χ0) is 14.0. The van der Waals surface area contributed by atoms with Gasteiger partial charge in [0.25, 0.3) is 0 Å². The van der Waals surface area contributed by atoms with Crippen LogP contribution in [0, 0.1) is 16.7 Å². The van der Waals surface area contributed by atoms with Crippen molar-refractivity contribution in [3.8, 4) is 0 Å². The molecule has 1 N–H and O–H groups in total. The molecule has 0 aromatic heterocycles. The predicted octanol–water partition coefficient (Wildman–Crippen LogP) is 1.39. The van der Waals surface area contributed by atoms with Crippen LogP contribution in [-0.4, -0.2) is 29.1 Å². The summed E-state index contributed by atoms with van der Waals surface area (Å²) in [5.41, 5.74) is -1.04. The molecule has 1 unspecified atom stereocenters. The summed E-state index contributed by atoms with van der Waals surface area (Å²) in [6.07, 6.45) is 3.56. The Morgan fingerprint density at radius 3 is 2.84 bits per heavy atom. The first-order valence-corrected chi connectivity index (χ1v) is 6.66. The van der Waals surface area contributed by atoms with E-state index < -0.39 is 29.0 Å². The summed E-state index contributed by atoms with van der Waals surface area (Å²) in [5, 5.41) is 10.2. The van der Waals surface area contributed by atoms with Gasteiger partial charge < -0.3 is 9.84 Å². The number of aliphatic hydroxyl groups excluding tert-OH is 1. The van der Waals surface area contributed by atoms with E-state index in [1.807, 2.05) is 13.0 Å². The quantitative estimate of drug-likeness (QED) is 0.573. The highest BCUT2D eigenvalue weighted by molar-refractivity contribution is 6.01. The summed E-state index contributed by atoms with van der Waals surface area (Å²) in [4.78, 5) is 24.1. The molecular formula is C15H18O4. The second kappa shape index (κ2) is 3.57. The number of hydrogen-bond donors (Lipinski definition) is 1. The standard InChI is InChI=1S/C15H18O4/c1-8-10-4-6-15(9(2)16)7-5-11(17)14(15,3)12(10)19-13(8)18/h5,7,9-10,12,16H,1,4,6H2,2-3H3/t9?,10-,12+,14-,15-/m0/s1. The van der Waals surface area contributed by atoms with Gasteiger partial charge in [0.15, 0.2) is 5.78 Å². The molecule has 0 aromatic rings. The first kappa shape index (κ1) is 12.6. The highest BCUT2D eigenvalue weighted by Crippen LogP contribution is 2.62. The summed E-state index contributed by atoms with van der Waals surface area (Å²) < 4.78 is 5.43. The third kappa shape index (κ3) is 1.23. The molecule has 3 aliphatic rings. The Labute approximate surface area is 112 Å². The molecule has 2 fully saturated rings. The zero-order valence-electron chi connectivity index (χ0n) is 11.2. The van der Waals surface area contributed by atoms with E-state index in [2.05, 4.69) is 6.58 Å². The van der Waals surface area contributed by atoms with Crippen LogP contribution in [-0.2, 0) is 14.3 Å². The van der Waals surface area contributed by atoms with Crippen LogP contribution >= 0.6 is 0 Å². The summed E-state index contributed by atoms with van der Waals surface area (Å²) >= 11 is 0. The predicted molar refractivity (Wildman–Crippen MR) is 68.1 cm³/mol. The third-order valence-corrected chi connectivity index (χ3v) is 5.50. The second-order valence-electron chi connectivity index (χ2n) is 6.11. The molecule has 2 aliphatic carbocycles. The van der Waals surface area contributed by atoms with Crippen LogP contribution in [0.5, 0.6) is 0 Å². The zero-order valence-corrected chi connectivity index (χ0v) is 11.2. The molecule has 1 saturated carbocycles. The molecule has 5 atom stereocenters. The Balaban J connectivity index is 2.13. The topological polar surface area (TPSA) is 63.6 Å². The molecule has 3 rings (SSSR count). The van der Waals surface area contributed by atoms with E-state index >= 15 is 0 Å². The van der Waals surface area contributed by atoms with Crippen molar-refractivity contribution in [2.45, 2.75) is 38.9 Å². The van der Waals surface area contributed by atoms with E-state index in [9.17, 15) is 14.7 Å². The van der Waals surface area contributed by atoms with E-state index in [1.165, 1.54) is 6.08 Å². The van der Waals surface area contributed by atoms with Crippen LogP contribution in [0.25, 0.3) is 0 Å². The van der Waals surface area contributed by atoms with Crippen LogP contribution in [0.1, 0.15) is 26.7 Å². The lowest BCUT2D eigenvalue weighted by Gasteiger charge is -2.51. The monoisotopic (exact) mass is 262 g/mol. The Bertz CT molecular complexity index is 518. The van der Waals surface area contributed by atoms with Gasteiger partial charge in [-0.25, -0.2) is 4.79 Å². The molecular weight excluding hydrogens is 244 g/mol. The van der Waals surface area contributed by atoms with Gasteiger partial charge in [-0.2, -0.15) is 0 Å². The van der Waals surface area contributed by atoms with Gasteiger partial charge in [0.05, 0.1) is 11.5 Å². The highest BCUT2D eigenvalue weighted by Gasteiger charge is 2.67. The normalized spacial score (nSPS) is 45.9. The maximum atomic E-state index is 12.4. The van der Waals surface area contributed by atoms with Crippen LogP contribution in [0.3, 0.4) is 0 Å². The van der Waals surface area contributed by atoms with Crippen LogP contribution in [0.15, 0.2) is 24.3 Å². The van der Waals surface area contributed by atoms with Crippen LogP contribution in [0.4, 0.5) is 0 Å². The van der Waals surface area contributed by atoms with Gasteiger partial charge in [-0.15, -0.1) is 0 Å². The fourth-order valence-electron chi connectivity index (χ4n) is 4.18. The Hall–Kier alpha value is -1.42. The second-order valence-corrected chi connectivity index (χ2v) is 6.11. The molecule has 0 aromatic carbocycles. The van der Waals surface area contributed by atoms with Gasteiger partial charge in [0.2, 0.25) is 0 Å². The fraction of sp³-hybridized carbons (Fsp3) is 0.600. The van der Waals surface area contributed by atoms with E-state index in [0.29, 0.717) is 18.4 Å². The van der Waals surface area contributed by atoms with Gasteiger partial charge in [0.1, 0.15) is 6.10 Å². The van der Waals surface area contributed by atoms with E-state index in [4.69, 9.17) is 4.74 Å². The first-order chi connectivity index (χ1) is 8.84. The number of aliphatic hydroxyl groups is 1. The SMILES string of the molecule is C=C1C(=O)O[C@@H]2[C@H]1CC[C@@]1(C(C)O)C=CC(=O)[C@@]21C. The van der Waals surface area contributed by atoms with Crippen molar-refractivity contribution in [2.24, 2.45) is 16.7 Å². The summed E-state index contributed by atoms with van der Waals surface area (Å²) in [6.45, 7) is 7.30. The minimum Gasteiger partial charge on any atom is -0.457 e. The number of fused-ring (bicyclic) bond motifs is 3. The van der Waals surface area contributed by atoms with Crippen molar-refractivity contribution in [3.05, 3.63) is 24.3 Å². The van der Waals surface area contributed by atoms with E-state index in [1.54, 1.807) is 6.92 Å². The minimum atomic E-state index is -0.876. The van der Waals surface area contributed by atoms with E-state index in [0.717, 1.165) is 0 Å². The lowest BCUT2D eigenvalue weighted by Crippen LogP contribution is -2.58. The van der Waals surface area contributed by atoms with Gasteiger partial charge in [0, 0.05) is 16.9 Å². The van der Waals surface area contributed by atoms with Crippen molar-refractivity contribution in [3.63, 3.8) is 0 Å². The smallest absolute Gasteiger partial charge is 0.334 e. The third-order valence-electron chi connectivity index (χ3n) is 5.50. The molecule has 0 amide bonds.